The van der Waals surface area contributed by atoms with Crippen LogP contribution in [0.3, 0.4) is 0 Å². The summed E-state index contributed by atoms with van der Waals surface area (Å²) in [5.41, 5.74) is 7.54. The third kappa shape index (κ3) is 5.67. The molecule has 1 aliphatic heterocycles. The molecule has 27 heavy (non-hydrogen) atoms. The van der Waals surface area contributed by atoms with Gasteiger partial charge in [0.05, 0.1) is 5.92 Å². The Balaban J connectivity index is 0.00000261. The van der Waals surface area contributed by atoms with E-state index in [2.05, 4.69) is 10.6 Å². The van der Waals surface area contributed by atoms with Crippen molar-refractivity contribution in [1.29, 1.82) is 0 Å². The molecule has 1 aromatic rings. The molecule has 0 radical (unpaired) electrons. The maximum atomic E-state index is 12.5. The van der Waals surface area contributed by atoms with E-state index in [4.69, 9.17) is 10.5 Å². The number of anilines is 1. The molecule has 1 aliphatic carbocycles. The lowest BCUT2D eigenvalue weighted by molar-refractivity contribution is -0.128. The van der Waals surface area contributed by atoms with Gasteiger partial charge in [0.25, 0.3) is 5.91 Å². The zero-order valence-electron chi connectivity index (χ0n) is 15.8. The second kappa shape index (κ2) is 9.53. The number of rotatable bonds is 5. The first-order valence-corrected chi connectivity index (χ1v) is 9.54. The van der Waals surface area contributed by atoms with E-state index in [-0.39, 0.29) is 36.2 Å². The summed E-state index contributed by atoms with van der Waals surface area (Å²) in [6.07, 6.45) is 5.20. The maximum absolute atomic E-state index is 12.5. The van der Waals surface area contributed by atoms with Crippen LogP contribution >= 0.6 is 12.4 Å². The number of halogens is 1. The molecular weight excluding hydrogens is 366 g/mol. The van der Waals surface area contributed by atoms with E-state index in [1.54, 1.807) is 0 Å². The van der Waals surface area contributed by atoms with Gasteiger partial charge in [0, 0.05) is 24.4 Å². The molecule has 0 aromatic heterocycles. The molecule has 6 nitrogen and oxygen atoms in total. The highest BCUT2D eigenvalue weighted by Gasteiger charge is 2.37. The molecule has 3 unspecified atom stereocenters. The molecule has 150 valence electrons. The van der Waals surface area contributed by atoms with E-state index in [0.717, 1.165) is 49.8 Å². The first kappa shape index (κ1) is 21.7. The fourth-order valence-electron chi connectivity index (χ4n) is 3.87. The monoisotopic (exact) mass is 395 g/mol. The van der Waals surface area contributed by atoms with E-state index in [1.165, 1.54) is 0 Å². The van der Waals surface area contributed by atoms with Crippen LogP contribution in [0.15, 0.2) is 24.3 Å². The quantitative estimate of drug-likeness (QED) is 0.714. The van der Waals surface area contributed by atoms with Crippen LogP contribution in [0.1, 0.15) is 51.0 Å². The number of hydrogen-bond donors (Lipinski definition) is 3. The lowest BCUT2D eigenvalue weighted by Crippen LogP contribution is -2.52. The second-order valence-electron chi connectivity index (χ2n) is 7.71. The Hall–Kier alpha value is -1.63. The molecule has 0 spiro atoms. The lowest BCUT2D eigenvalue weighted by atomic mass is 9.74. The summed E-state index contributed by atoms with van der Waals surface area (Å²) in [6, 6.07) is 7.54. The Bertz CT molecular complexity index is 660. The molecule has 1 heterocycles. The van der Waals surface area contributed by atoms with Crippen LogP contribution < -0.4 is 16.4 Å². The lowest BCUT2D eigenvalue weighted by Gasteiger charge is -2.37. The smallest absolute Gasteiger partial charge is 0.253 e. The van der Waals surface area contributed by atoms with Crippen LogP contribution in [0.4, 0.5) is 5.69 Å². The second-order valence-corrected chi connectivity index (χ2v) is 7.71. The Morgan fingerprint density at radius 1 is 1.22 bits per heavy atom. The zero-order chi connectivity index (χ0) is 18.6. The molecule has 1 saturated heterocycles. The third-order valence-electron chi connectivity index (χ3n) is 5.45. The molecule has 0 bridgehead atoms. The van der Waals surface area contributed by atoms with Gasteiger partial charge < -0.3 is 21.1 Å². The maximum Gasteiger partial charge on any atom is 0.253 e. The summed E-state index contributed by atoms with van der Waals surface area (Å²) in [7, 11) is 0. The molecule has 2 aliphatic rings. The Morgan fingerprint density at radius 3 is 2.74 bits per heavy atom. The number of ether oxygens (including phenoxy) is 1. The molecular formula is C20H30ClN3O3. The van der Waals surface area contributed by atoms with Gasteiger partial charge in [-0.2, -0.15) is 0 Å². The number of benzene rings is 1. The summed E-state index contributed by atoms with van der Waals surface area (Å²) >= 11 is 0. The van der Waals surface area contributed by atoms with Crippen molar-refractivity contribution in [2.24, 2.45) is 11.7 Å². The van der Waals surface area contributed by atoms with Crippen molar-refractivity contribution in [3.63, 3.8) is 0 Å². The number of carbonyl (C=O) groups is 2. The van der Waals surface area contributed by atoms with Crippen molar-refractivity contribution in [2.75, 3.05) is 11.9 Å². The summed E-state index contributed by atoms with van der Waals surface area (Å²) < 4.78 is 5.40. The van der Waals surface area contributed by atoms with Gasteiger partial charge in [-0.05, 0) is 50.3 Å². The highest BCUT2D eigenvalue weighted by molar-refractivity contribution is 5.94. The van der Waals surface area contributed by atoms with Gasteiger partial charge >= 0.3 is 0 Å². The van der Waals surface area contributed by atoms with Crippen LogP contribution in [-0.2, 0) is 20.9 Å². The zero-order valence-corrected chi connectivity index (χ0v) is 16.6. The number of nitrogens with one attached hydrogen (secondary N) is 2. The summed E-state index contributed by atoms with van der Waals surface area (Å²) in [4.78, 5) is 24.7. The van der Waals surface area contributed by atoms with Crippen LogP contribution in [0.2, 0.25) is 0 Å². The molecule has 7 heteroatoms. The number of nitrogens with two attached hydrogens (primary N) is 1. The fraction of sp³-hybridized carbons (Fsp3) is 0.600. The summed E-state index contributed by atoms with van der Waals surface area (Å²) in [5, 5.41) is 5.90. The predicted octanol–water partition coefficient (Wildman–Crippen LogP) is 2.75. The SMILES string of the molecule is CC1(N)CCCCC1C(=O)NCc1cccc(NC(=O)C2CCCO2)c1.Cl. The van der Waals surface area contributed by atoms with Gasteiger partial charge in [-0.1, -0.05) is 25.0 Å². The van der Waals surface area contributed by atoms with Crippen molar-refractivity contribution in [3.8, 4) is 0 Å². The molecule has 2 fully saturated rings. The van der Waals surface area contributed by atoms with Crippen LogP contribution in [0.5, 0.6) is 0 Å². The Morgan fingerprint density at radius 2 is 2.04 bits per heavy atom. The number of hydrogen-bond acceptors (Lipinski definition) is 4. The number of amides is 2. The minimum atomic E-state index is -0.431. The van der Waals surface area contributed by atoms with E-state index in [0.29, 0.717) is 13.2 Å². The van der Waals surface area contributed by atoms with Crippen molar-refractivity contribution < 1.29 is 14.3 Å². The first-order valence-electron chi connectivity index (χ1n) is 9.54. The molecule has 3 atom stereocenters. The van der Waals surface area contributed by atoms with Crippen molar-refractivity contribution in [2.45, 2.75) is 63.6 Å². The standard InChI is InChI=1S/C20H29N3O3.ClH/c1-20(21)10-3-2-8-16(20)18(24)22-13-14-6-4-7-15(12-14)23-19(25)17-9-5-11-26-17;/h4,6-7,12,16-17H,2-3,5,8-11,13,21H2,1H3,(H,22,24)(H,23,25);1H. The average Bonchev–Trinajstić information content (AvgIpc) is 3.14. The van der Waals surface area contributed by atoms with Crippen molar-refractivity contribution in [3.05, 3.63) is 29.8 Å². The van der Waals surface area contributed by atoms with Crippen LogP contribution in [0, 0.1) is 5.92 Å². The minimum Gasteiger partial charge on any atom is -0.368 e. The molecule has 2 amide bonds. The molecule has 1 saturated carbocycles. The highest BCUT2D eigenvalue weighted by Crippen LogP contribution is 2.31. The number of carbonyl (C=O) groups excluding carboxylic acids is 2. The van der Waals surface area contributed by atoms with Gasteiger partial charge in [-0.15, -0.1) is 12.4 Å². The van der Waals surface area contributed by atoms with E-state index in [1.807, 2.05) is 31.2 Å². The minimum absolute atomic E-state index is 0. The van der Waals surface area contributed by atoms with Gasteiger partial charge in [0.15, 0.2) is 0 Å². The van der Waals surface area contributed by atoms with Crippen molar-refractivity contribution in [1.82, 2.24) is 5.32 Å². The first-order chi connectivity index (χ1) is 12.5. The van der Waals surface area contributed by atoms with E-state index < -0.39 is 5.54 Å². The van der Waals surface area contributed by atoms with E-state index in [9.17, 15) is 9.59 Å². The fourth-order valence-corrected chi connectivity index (χ4v) is 3.87. The topological polar surface area (TPSA) is 93.5 Å². The van der Waals surface area contributed by atoms with Gasteiger partial charge in [0.1, 0.15) is 6.10 Å². The van der Waals surface area contributed by atoms with Gasteiger partial charge in [-0.3, -0.25) is 9.59 Å². The summed E-state index contributed by atoms with van der Waals surface area (Å²) in [6.45, 7) is 3.04. The highest BCUT2D eigenvalue weighted by atomic mass is 35.5. The van der Waals surface area contributed by atoms with Crippen molar-refractivity contribution >= 4 is 29.9 Å². The van der Waals surface area contributed by atoms with E-state index >= 15 is 0 Å². The Labute approximate surface area is 167 Å². The molecule has 1 aromatic carbocycles. The van der Waals surface area contributed by atoms with Gasteiger partial charge in [0.2, 0.25) is 5.91 Å². The normalized spacial score (nSPS) is 27.5. The largest absolute Gasteiger partial charge is 0.368 e. The third-order valence-corrected chi connectivity index (χ3v) is 5.45. The van der Waals surface area contributed by atoms with Crippen LogP contribution in [-0.4, -0.2) is 30.1 Å². The van der Waals surface area contributed by atoms with Gasteiger partial charge in [-0.25, -0.2) is 0 Å². The Kier molecular flexibility index (Phi) is 7.65. The molecule has 3 rings (SSSR count). The molecule has 4 N–H and O–H groups in total. The summed E-state index contributed by atoms with van der Waals surface area (Å²) in [5.74, 6) is -0.230. The predicted molar refractivity (Wildman–Crippen MR) is 108 cm³/mol. The van der Waals surface area contributed by atoms with Crippen LogP contribution in [0.25, 0.3) is 0 Å². The average molecular weight is 396 g/mol.